The van der Waals surface area contributed by atoms with E-state index >= 15 is 0 Å². The molecule has 0 aliphatic carbocycles. The third kappa shape index (κ3) is 4.40. The number of carbonyl (C=O) groups is 2. The van der Waals surface area contributed by atoms with Crippen LogP contribution >= 0.6 is 11.6 Å². The van der Waals surface area contributed by atoms with E-state index in [1.54, 1.807) is 25.2 Å². The fourth-order valence-electron chi connectivity index (χ4n) is 1.87. The van der Waals surface area contributed by atoms with E-state index in [1.807, 2.05) is 6.92 Å². The van der Waals surface area contributed by atoms with Crippen molar-refractivity contribution in [2.45, 2.75) is 19.4 Å². The van der Waals surface area contributed by atoms with Crippen LogP contribution < -0.4 is 11.1 Å². The molecular formula is C13H18ClN3O3. The van der Waals surface area contributed by atoms with Crippen molar-refractivity contribution in [3.05, 3.63) is 23.2 Å². The van der Waals surface area contributed by atoms with Gasteiger partial charge >= 0.3 is 5.97 Å². The quantitative estimate of drug-likeness (QED) is 0.694. The molecule has 1 atom stereocenters. The van der Waals surface area contributed by atoms with Crippen molar-refractivity contribution in [3.63, 3.8) is 0 Å². The minimum Gasteiger partial charge on any atom is -0.480 e. The smallest absolute Gasteiger partial charge is 0.317 e. The highest BCUT2D eigenvalue weighted by Crippen LogP contribution is 2.22. The molecule has 0 aromatic heterocycles. The van der Waals surface area contributed by atoms with Crippen molar-refractivity contribution in [2.75, 3.05) is 24.6 Å². The zero-order chi connectivity index (χ0) is 15.3. The number of aliphatic carboxylic acids is 1. The number of likely N-dealkylation sites (N-methyl/N-ethyl adjacent to an activating group) is 1. The molecule has 0 heterocycles. The number of nitrogens with zero attached hydrogens (tertiary/aromatic N) is 1. The van der Waals surface area contributed by atoms with Gasteiger partial charge in [-0.3, -0.25) is 14.5 Å². The molecule has 1 rings (SSSR count). The molecule has 7 heteroatoms. The zero-order valence-electron chi connectivity index (χ0n) is 11.4. The lowest BCUT2D eigenvalue weighted by atomic mass is 10.1. The molecule has 0 saturated carbocycles. The van der Waals surface area contributed by atoms with Crippen LogP contribution in [-0.4, -0.2) is 41.5 Å². The Labute approximate surface area is 122 Å². The molecule has 0 fully saturated rings. The number of carbonyl (C=O) groups excluding carboxylic acids is 1. The number of nitrogen functional groups attached to an aromatic ring is 1. The van der Waals surface area contributed by atoms with Gasteiger partial charge in [0.2, 0.25) is 5.91 Å². The number of carboxylic acid groups (broad SMARTS) is 1. The minimum absolute atomic E-state index is 0.200. The van der Waals surface area contributed by atoms with Crippen molar-refractivity contribution in [1.29, 1.82) is 0 Å². The third-order valence-electron chi connectivity index (χ3n) is 2.87. The highest BCUT2D eigenvalue weighted by atomic mass is 35.5. The Morgan fingerprint density at radius 1 is 1.50 bits per heavy atom. The van der Waals surface area contributed by atoms with Crippen LogP contribution in [0.5, 0.6) is 0 Å². The Morgan fingerprint density at radius 3 is 2.65 bits per heavy atom. The summed E-state index contributed by atoms with van der Waals surface area (Å²) in [5.74, 6) is -1.26. The normalized spacial score (nSPS) is 12.2. The molecule has 1 amide bonds. The van der Waals surface area contributed by atoms with Crippen molar-refractivity contribution >= 4 is 34.9 Å². The van der Waals surface area contributed by atoms with Crippen LogP contribution in [0.2, 0.25) is 5.02 Å². The highest BCUT2D eigenvalue weighted by molar-refractivity contribution is 6.33. The van der Waals surface area contributed by atoms with Gasteiger partial charge in [-0.25, -0.2) is 0 Å². The van der Waals surface area contributed by atoms with Gasteiger partial charge in [-0.1, -0.05) is 18.5 Å². The van der Waals surface area contributed by atoms with Crippen LogP contribution in [0.25, 0.3) is 0 Å². The number of nitrogens with two attached hydrogens (primary N) is 1. The SMILES string of the molecule is CCC(C(=O)Nc1ccc(Cl)c(N)c1)N(C)CC(=O)O. The summed E-state index contributed by atoms with van der Waals surface area (Å²) >= 11 is 5.80. The number of halogens is 1. The Balaban J connectivity index is 2.76. The summed E-state index contributed by atoms with van der Waals surface area (Å²) in [6.45, 7) is 1.62. The highest BCUT2D eigenvalue weighted by Gasteiger charge is 2.23. The van der Waals surface area contributed by atoms with Crippen LogP contribution in [0, 0.1) is 0 Å². The largest absolute Gasteiger partial charge is 0.480 e. The summed E-state index contributed by atoms with van der Waals surface area (Å²) < 4.78 is 0. The van der Waals surface area contributed by atoms with Crippen LogP contribution in [0.4, 0.5) is 11.4 Å². The number of hydrogen-bond donors (Lipinski definition) is 3. The second kappa shape index (κ2) is 7.12. The second-order valence-electron chi connectivity index (χ2n) is 4.46. The van der Waals surface area contributed by atoms with E-state index in [2.05, 4.69) is 5.32 Å². The zero-order valence-corrected chi connectivity index (χ0v) is 12.1. The second-order valence-corrected chi connectivity index (χ2v) is 4.87. The minimum atomic E-state index is -0.977. The molecule has 0 radical (unpaired) electrons. The average molecular weight is 300 g/mol. The van der Waals surface area contributed by atoms with E-state index in [4.69, 9.17) is 22.4 Å². The Morgan fingerprint density at radius 2 is 2.15 bits per heavy atom. The summed E-state index contributed by atoms with van der Waals surface area (Å²) in [5.41, 5.74) is 6.56. The molecule has 0 saturated heterocycles. The average Bonchev–Trinajstić information content (AvgIpc) is 2.33. The number of rotatable bonds is 6. The molecule has 1 aromatic carbocycles. The molecule has 0 bridgehead atoms. The van der Waals surface area contributed by atoms with E-state index in [0.29, 0.717) is 22.8 Å². The molecule has 0 spiro atoms. The monoisotopic (exact) mass is 299 g/mol. The number of anilines is 2. The van der Waals surface area contributed by atoms with Gasteiger partial charge in [-0.15, -0.1) is 0 Å². The van der Waals surface area contributed by atoms with Gasteiger partial charge in [-0.05, 0) is 31.7 Å². The van der Waals surface area contributed by atoms with Gasteiger partial charge in [0.1, 0.15) is 0 Å². The van der Waals surface area contributed by atoms with Crippen LogP contribution in [0.15, 0.2) is 18.2 Å². The van der Waals surface area contributed by atoms with Crippen molar-refractivity contribution < 1.29 is 14.7 Å². The molecule has 0 aliphatic rings. The van der Waals surface area contributed by atoms with Crippen LogP contribution in [0.1, 0.15) is 13.3 Å². The van der Waals surface area contributed by atoms with Gasteiger partial charge in [0.25, 0.3) is 0 Å². The maximum Gasteiger partial charge on any atom is 0.317 e. The summed E-state index contributed by atoms with van der Waals surface area (Å²) in [5, 5.41) is 11.9. The maximum atomic E-state index is 12.1. The van der Waals surface area contributed by atoms with Crippen LogP contribution in [-0.2, 0) is 9.59 Å². The summed E-state index contributed by atoms with van der Waals surface area (Å²) in [6, 6.07) is 4.27. The standard InChI is InChI=1S/C13H18ClN3O3/c1-3-11(17(2)7-12(18)19)13(20)16-8-4-5-9(14)10(15)6-8/h4-6,11H,3,7,15H2,1-2H3,(H,16,20)(H,18,19). The Kier molecular flexibility index (Phi) is 5.79. The summed E-state index contributed by atoms with van der Waals surface area (Å²) in [6.07, 6.45) is 0.499. The fraction of sp³-hybridized carbons (Fsp3) is 0.385. The molecule has 1 aromatic rings. The van der Waals surface area contributed by atoms with Gasteiger partial charge in [-0.2, -0.15) is 0 Å². The number of amides is 1. The maximum absolute atomic E-state index is 12.1. The van der Waals surface area contributed by atoms with Gasteiger partial charge in [0.05, 0.1) is 23.3 Å². The molecule has 110 valence electrons. The topological polar surface area (TPSA) is 95.7 Å². The lowest BCUT2D eigenvalue weighted by Crippen LogP contribution is -2.43. The molecule has 0 aliphatic heterocycles. The van der Waals surface area contributed by atoms with E-state index in [0.717, 1.165) is 0 Å². The molecule has 1 unspecified atom stereocenters. The number of benzene rings is 1. The number of carboxylic acids is 1. The first-order chi connectivity index (χ1) is 9.35. The predicted octanol–water partition coefficient (Wildman–Crippen LogP) is 1.66. The summed E-state index contributed by atoms with van der Waals surface area (Å²) in [7, 11) is 1.60. The molecule has 6 nitrogen and oxygen atoms in total. The van der Waals surface area contributed by atoms with E-state index < -0.39 is 12.0 Å². The Hall–Kier alpha value is -1.79. The van der Waals surface area contributed by atoms with E-state index in [9.17, 15) is 9.59 Å². The van der Waals surface area contributed by atoms with Gasteiger partial charge < -0.3 is 16.2 Å². The third-order valence-corrected chi connectivity index (χ3v) is 3.21. The van der Waals surface area contributed by atoms with Crippen molar-refractivity contribution in [1.82, 2.24) is 4.90 Å². The molecule has 20 heavy (non-hydrogen) atoms. The lowest BCUT2D eigenvalue weighted by molar-refractivity contribution is -0.139. The molecule has 4 N–H and O–H groups in total. The Bertz CT molecular complexity index is 508. The first-order valence-corrected chi connectivity index (χ1v) is 6.50. The number of hydrogen-bond acceptors (Lipinski definition) is 4. The van der Waals surface area contributed by atoms with Crippen LogP contribution in [0.3, 0.4) is 0 Å². The van der Waals surface area contributed by atoms with Gasteiger partial charge in [0, 0.05) is 5.69 Å². The predicted molar refractivity (Wildman–Crippen MR) is 78.8 cm³/mol. The number of nitrogens with one attached hydrogen (secondary N) is 1. The lowest BCUT2D eigenvalue weighted by Gasteiger charge is -2.24. The van der Waals surface area contributed by atoms with E-state index in [-0.39, 0.29) is 12.5 Å². The van der Waals surface area contributed by atoms with E-state index in [1.165, 1.54) is 4.90 Å². The van der Waals surface area contributed by atoms with Gasteiger partial charge in [0.15, 0.2) is 0 Å². The van der Waals surface area contributed by atoms with Crippen molar-refractivity contribution in [3.8, 4) is 0 Å². The summed E-state index contributed by atoms with van der Waals surface area (Å²) in [4.78, 5) is 24.3. The first-order valence-electron chi connectivity index (χ1n) is 6.13. The fourth-order valence-corrected chi connectivity index (χ4v) is 1.99. The first kappa shape index (κ1) is 16.3. The molecular weight excluding hydrogens is 282 g/mol. The van der Waals surface area contributed by atoms with Crippen molar-refractivity contribution in [2.24, 2.45) is 0 Å².